The Morgan fingerprint density at radius 3 is 2.47 bits per heavy atom. The zero-order chi connectivity index (χ0) is 20.9. The van der Waals surface area contributed by atoms with Gasteiger partial charge in [0, 0.05) is 17.3 Å². The number of aromatic nitrogens is 1. The first-order valence-electron chi connectivity index (χ1n) is 9.45. The number of carbonyl (C=O) groups excluding carboxylic acids is 1. The number of furan rings is 1. The Kier molecular flexibility index (Phi) is 5.82. The molecule has 0 saturated heterocycles. The molecule has 6 heteroatoms. The van der Waals surface area contributed by atoms with Crippen LogP contribution in [0.1, 0.15) is 33.3 Å². The van der Waals surface area contributed by atoms with Crippen molar-refractivity contribution in [3.05, 3.63) is 129 Å². The summed E-state index contributed by atoms with van der Waals surface area (Å²) in [5, 5.41) is 3.57. The molecule has 2 heterocycles. The van der Waals surface area contributed by atoms with Gasteiger partial charge in [-0.1, -0.05) is 60.1 Å². The Bertz CT molecular complexity index is 1200. The highest BCUT2D eigenvalue weighted by Crippen LogP contribution is 2.23. The molecule has 0 aliphatic heterocycles. The van der Waals surface area contributed by atoms with Crippen LogP contribution >= 0.6 is 11.6 Å². The fraction of sp³-hybridized carbons (Fsp3) is 0.0833. The summed E-state index contributed by atoms with van der Waals surface area (Å²) in [7, 11) is 0. The second-order valence-corrected chi connectivity index (χ2v) is 7.22. The topological polar surface area (TPSA) is 64.2 Å². The third-order valence-electron chi connectivity index (χ3n) is 4.78. The number of rotatable bonds is 6. The van der Waals surface area contributed by atoms with Crippen molar-refractivity contribution in [2.75, 3.05) is 0 Å². The molecule has 150 valence electrons. The molecule has 0 aliphatic carbocycles. The van der Waals surface area contributed by atoms with Crippen molar-refractivity contribution in [2.45, 2.75) is 12.6 Å². The lowest BCUT2D eigenvalue weighted by Gasteiger charge is -2.18. The first-order valence-corrected chi connectivity index (χ1v) is 9.83. The maximum atomic E-state index is 13.0. The highest BCUT2D eigenvalue weighted by Gasteiger charge is 2.20. The Hall–Kier alpha value is -3.57. The number of benzene rings is 2. The van der Waals surface area contributed by atoms with Crippen LogP contribution in [0, 0.1) is 0 Å². The summed E-state index contributed by atoms with van der Waals surface area (Å²) in [5.41, 5.74) is 1.85. The number of nitrogens with one attached hydrogen (secondary N) is 1. The molecule has 5 nitrogen and oxygen atoms in total. The molecule has 1 N–H and O–H groups in total. The number of amides is 1. The first-order chi connectivity index (χ1) is 14.6. The number of halogens is 1. The van der Waals surface area contributed by atoms with Gasteiger partial charge in [0.15, 0.2) is 0 Å². The average molecular weight is 419 g/mol. The van der Waals surface area contributed by atoms with Crippen molar-refractivity contribution >= 4 is 17.5 Å². The van der Waals surface area contributed by atoms with Gasteiger partial charge < -0.3 is 14.3 Å². The highest BCUT2D eigenvalue weighted by atomic mass is 35.5. The molecule has 2 aromatic heterocycles. The Morgan fingerprint density at radius 2 is 1.73 bits per heavy atom. The van der Waals surface area contributed by atoms with Gasteiger partial charge in [-0.2, -0.15) is 0 Å². The highest BCUT2D eigenvalue weighted by molar-refractivity contribution is 6.31. The summed E-state index contributed by atoms with van der Waals surface area (Å²) in [5.74, 6) is 0.312. The van der Waals surface area contributed by atoms with Gasteiger partial charge in [-0.25, -0.2) is 0 Å². The van der Waals surface area contributed by atoms with E-state index < -0.39 is 6.04 Å². The van der Waals surface area contributed by atoms with Crippen LogP contribution in [0.2, 0.25) is 5.02 Å². The van der Waals surface area contributed by atoms with E-state index in [-0.39, 0.29) is 18.0 Å². The maximum Gasteiger partial charge on any atom is 0.253 e. The smallest absolute Gasteiger partial charge is 0.253 e. The second kappa shape index (κ2) is 8.84. The largest absolute Gasteiger partial charge is 0.467 e. The lowest BCUT2D eigenvalue weighted by Crippen LogP contribution is -2.30. The van der Waals surface area contributed by atoms with E-state index in [2.05, 4.69) is 5.32 Å². The zero-order valence-corrected chi connectivity index (χ0v) is 16.8. The Labute approximate surface area is 178 Å². The average Bonchev–Trinajstić information content (AvgIpc) is 3.30. The van der Waals surface area contributed by atoms with Gasteiger partial charge in [0.2, 0.25) is 0 Å². The molecule has 0 radical (unpaired) electrons. The van der Waals surface area contributed by atoms with Crippen molar-refractivity contribution in [3.63, 3.8) is 0 Å². The quantitative estimate of drug-likeness (QED) is 0.495. The minimum absolute atomic E-state index is 0.211. The summed E-state index contributed by atoms with van der Waals surface area (Å²) in [4.78, 5) is 25.3. The molecular weight excluding hydrogens is 400 g/mol. The summed E-state index contributed by atoms with van der Waals surface area (Å²) < 4.78 is 7.01. The lowest BCUT2D eigenvalue weighted by molar-refractivity contribution is 0.0938. The predicted molar refractivity (Wildman–Crippen MR) is 116 cm³/mol. The molecule has 0 spiro atoms. The first kappa shape index (κ1) is 19.7. The number of hydrogen-bond donors (Lipinski definition) is 1. The van der Waals surface area contributed by atoms with Gasteiger partial charge in [-0.15, -0.1) is 0 Å². The maximum absolute atomic E-state index is 13.0. The number of pyridine rings is 1. The van der Waals surface area contributed by atoms with Gasteiger partial charge in [0.05, 0.1) is 18.4 Å². The molecule has 0 aliphatic rings. The molecule has 1 amide bonds. The van der Waals surface area contributed by atoms with E-state index in [0.29, 0.717) is 16.3 Å². The van der Waals surface area contributed by atoms with Gasteiger partial charge >= 0.3 is 0 Å². The molecule has 0 saturated carbocycles. The SMILES string of the molecule is O=C(NC(c1ccccc1)c1ccco1)c1ccc(=O)n(Cc2ccccc2Cl)c1. The molecule has 30 heavy (non-hydrogen) atoms. The van der Waals surface area contributed by atoms with Crippen molar-refractivity contribution < 1.29 is 9.21 Å². The molecule has 4 aromatic rings. The molecule has 1 unspecified atom stereocenters. The van der Waals surface area contributed by atoms with Gasteiger partial charge in [0.1, 0.15) is 11.8 Å². The van der Waals surface area contributed by atoms with Crippen molar-refractivity contribution in [1.29, 1.82) is 0 Å². The van der Waals surface area contributed by atoms with Crippen LogP contribution in [0.5, 0.6) is 0 Å². The normalized spacial score (nSPS) is 11.8. The van der Waals surface area contributed by atoms with Crippen LogP contribution in [0.25, 0.3) is 0 Å². The van der Waals surface area contributed by atoms with Gasteiger partial charge in [-0.3, -0.25) is 9.59 Å². The fourth-order valence-electron chi connectivity index (χ4n) is 3.23. The fourth-order valence-corrected chi connectivity index (χ4v) is 3.43. The molecule has 0 bridgehead atoms. The minimum atomic E-state index is -0.447. The van der Waals surface area contributed by atoms with Crippen LogP contribution < -0.4 is 10.9 Å². The second-order valence-electron chi connectivity index (χ2n) is 6.81. The van der Waals surface area contributed by atoms with E-state index in [9.17, 15) is 9.59 Å². The predicted octanol–water partition coefficient (Wildman–Crippen LogP) is 4.66. The summed E-state index contributed by atoms with van der Waals surface area (Å²) in [6.07, 6.45) is 3.12. The van der Waals surface area contributed by atoms with Crippen LogP contribution in [-0.4, -0.2) is 10.5 Å². The standard InChI is InChI=1S/C24H19ClN2O3/c25-20-10-5-4-9-18(20)15-27-16-19(12-13-22(27)28)24(29)26-23(21-11-6-14-30-21)17-7-2-1-3-8-17/h1-14,16,23H,15H2,(H,26,29). The van der Waals surface area contributed by atoms with E-state index >= 15 is 0 Å². The number of nitrogens with zero attached hydrogens (tertiary/aromatic N) is 1. The van der Waals surface area contributed by atoms with Crippen LogP contribution in [0.3, 0.4) is 0 Å². The Balaban J connectivity index is 1.61. The number of carbonyl (C=O) groups is 1. The summed E-state index contributed by atoms with van der Waals surface area (Å²) >= 11 is 6.22. The van der Waals surface area contributed by atoms with Crippen LogP contribution in [0.15, 0.2) is 101 Å². The minimum Gasteiger partial charge on any atom is -0.467 e. The molecule has 0 fully saturated rings. The van der Waals surface area contributed by atoms with E-state index in [1.807, 2.05) is 54.6 Å². The van der Waals surface area contributed by atoms with Crippen LogP contribution in [0.4, 0.5) is 0 Å². The van der Waals surface area contributed by atoms with Crippen molar-refractivity contribution in [2.24, 2.45) is 0 Å². The summed E-state index contributed by atoms with van der Waals surface area (Å²) in [6.45, 7) is 0.278. The Morgan fingerprint density at radius 1 is 0.967 bits per heavy atom. The molecule has 1 atom stereocenters. The monoisotopic (exact) mass is 418 g/mol. The van der Waals surface area contributed by atoms with Crippen LogP contribution in [-0.2, 0) is 6.54 Å². The van der Waals surface area contributed by atoms with Gasteiger partial charge in [-0.05, 0) is 35.4 Å². The molecule has 4 rings (SSSR count). The van der Waals surface area contributed by atoms with E-state index in [1.165, 1.54) is 16.7 Å². The molecule has 2 aromatic carbocycles. The van der Waals surface area contributed by atoms with E-state index in [1.54, 1.807) is 24.6 Å². The zero-order valence-electron chi connectivity index (χ0n) is 16.0. The third kappa shape index (κ3) is 4.36. The number of hydrogen-bond acceptors (Lipinski definition) is 3. The molecular formula is C24H19ClN2O3. The van der Waals surface area contributed by atoms with E-state index in [4.69, 9.17) is 16.0 Å². The lowest BCUT2D eigenvalue weighted by atomic mass is 10.0. The van der Waals surface area contributed by atoms with Crippen molar-refractivity contribution in [1.82, 2.24) is 9.88 Å². The summed E-state index contributed by atoms with van der Waals surface area (Å²) in [6, 6.07) is 22.9. The third-order valence-corrected chi connectivity index (χ3v) is 5.15. The van der Waals surface area contributed by atoms with E-state index in [0.717, 1.165) is 11.1 Å². The van der Waals surface area contributed by atoms with Gasteiger partial charge in [0.25, 0.3) is 11.5 Å². The van der Waals surface area contributed by atoms with Crippen molar-refractivity contribution in [3.8, 4) is 0 Å².